The zero-order valence-corrected chi connectivity index (χ0v) is 10.0. The lowest BCUT2D eigenvalue weighted by atomic mass is 9.93. The Labute approximate surface area is 103 Å². The number of carbonyl (C=O) groups is 1. The van der Waals surface area contributed by atoms with Crippen LogP contribution in [0, 0.1) is 0 Å². The van der Waals surface area contributed by atoms with Gasteiger partial charge in [-0.2, -0.15) is 13.2 Å². The van der Waals surface area contributed by atoms with Gasteiger partial charge in [-0.1, -0.05) is 19.1 Å². The summed E-state index contributed by atoms with van der Waals surface area (Å²) in [6.45, 7) is 1.68. The molecule has 0 bridgehead atoms. The fourth-order valence-corrected chi connectivity index (χ4v) is 1.79. The van der Waals surface area contributed by atoms with Gasteiger partial charge in [0.05, 0.1) is 18.6 Å². The summed E-state index contributed by atoms with van der Waals surface area (Å²) in [7, 11) is 1.19. The molecule has 0 aliphatic heterocycles. The van der Waals surface area contributed by atoms with Crippen LogP contribution in [-0.4, -0.2) is 13.1 Å². The molecular weight excluding hydrogens is 247 g/mol. The molecule has 3 nitrogen and oxygen atoms in total. The number of benzene rings is 1. The molecular formula is C12H14F3NO2. The smallest absolute Gasteiger partial charge is 0.418 e. The fraction of sp³-hybridized carbons (Fsp3) is 0.417. The number of hydrogen-bond acceptors (Lipinski definition) is 3. The van der Waals surface area contributed by atoms with Crippen LogP contribution in [-0.2, 0) is 15.7 Å². The number of hydrogen-bond donors (Lipinski definition) is 1. The monoisotopic (exact) mass is 261 g/mol. The molecule has 0 fully saturated rings. The number of ether oxygens (including phenoxy) is 1. The minimum atomic E-state index is -4.53. The summed E-state index contributed by atoms with van der Waals surface area (Å²) in [6, 6.07) is 3.54. The van der Waals surface area contributed by atoms with Crippen molar-refractivity contribution < 1.29 is 22.7 Å². The van der Waals surface area contributed by atoms with Crippen molar-refractivity contribution >= 4 is 11.7 Å². The van der Waals surface area contributed by atoms with E-state index in [4.69, 9.17) is 5.73 Å². The first-order chi connectivity index (χ1) is 8.32. The van der Waals surface area contributed by atoms with Gasteiger partial charge in [-0.25, -0.2) is 0 Å². The topological polar surface area (TPSA) is 52.3 Å². The molecule has 0 aliphatic carbocycles. The molecule has 0 saturated heterocycles. The van der Waals surface area contributed by atoms with Gasteiger partial charge in [0.1, 0.15) is 0 Å². The molecule has 1 rings (SSSR count). The summed E-state index contributed by atoms with van der Waals surface area (Å²) in [5.74, 6) is -1.37. The average molecular weight is 261 g/mol. The van der Waals surface area contributed by atoms with Crippen molar-refractivity contribution in [1.82, 2.24) is 0 Å². The molecule has 0 aromatic heterocycles. The van der Waals surface area contributed by atoms with Crippen molar-refractivity contribution in [3.8, 4) is 0 Å². The lowest BCUT2D eigenvalue weighted by molar-refractivity contribution is -0.143. The Hall–Kier alpha value is -1.72. The molecule has 6 heteroatoms. The average Bonchev–Trinajstić information content (AvgIpc) is 2.30. The second-order valence-electron chi connectivity index (χ2n) is 3.79. The van der Waals surface area contributed by atoms with E-state index >= 15 is 0 Å². The number of alkyl halides is 3. The molecule has 1 aromatic rings. The van der Waals surface area contributed by atoms with Crippen LogP contribution < -0.4 is 5.73 Å². The lowest BCUT2D eigenvalue weighted by Crippen LogP contribution is -2.18. The number of carbonyl (C=O) groups excluding carboxylic acids is 1. The van der Waals surface area contributed by atoms with Gasteiger partial charge in [-0.05, 0) is 18.1 Å². The quantitative estimate of drug-likeness (QED) is 0.672. The van der Waals surface area contributed by atoms with E-state index in [0.717, 1.165) is 6.07 Å². The first-order valence-corrected chi connectivity index (χ1v) is 5.36. The van der Waals surface area contributed by atoms with Gasteiger partial charge in [0, 0.05) is 5.69 Å². The molecule has 18 heavy (non-hydrogen) atoms. The molecule has 0 radical (unpaired) electrons. The van der Waals surface area contributed by atoms with Crippen molar-refractivity contribution in [2.24, 2.45) is 0 Å². The van der Waals surface area contributed by atoms with E-state index < -0.39 is 29.3 Å². The third-order valence-electron chi connectivity index (χ3n) is 2.71. The van der Waals surface area contributed by atoms with E-state index in [9.17, 15) is 18.0 Å². The van der Waals surface area contributed by atoms with E-state index in [-0.39, 0.29) is 5.56 Å². The molecule has 0 saturated carbocycles. The minimum Gasteiger partial charge on any atom is -0.469 e. The van der Waals surface area contributed by atoms with Gasteiger partial charge in [0.25, 0.3) is 0 Å². The number of para-hydroxylation sites is 1. The predicted octanol–water partition coefficient (Wildman–Crippen LogP) is 2.95. The van der Waals surface area contributed by atoms with E-state index in [1.165, 1.54) is 19.2 Å². The van der Waals surface area contributed by atoms with Gasteiger partial charge in [-0.3, -0.25) is 4.79 Å². The Kier molecular flexibility index (Phi) is 4.21. The molecule has 0 spiro atoms. The standard InChI is InChI=1S/C12H14F3NO2/c1-3-7(11(17)18-2)8-5-4-6-9(10(8)16)12(13,14)15/h4-7H,3,16H2,1-2H3. The predicted molar refractivity (Wildman–Crippen MR) is 60.9 cm³/mol. The zero-order valence-electron chi connectivity index (χ0n) is 10.0. The van der Waals surface area contributed by atoms with Crippen molar-refractivity contribution in [2.45, 2.75) is 25.4 Å². The van der Waals surface area contributed by atoms with E-state index in [1.54, 1.807) is 6.92 Å². The van der Waals surface area contributed by atoms with Crippen LogP contribution in [0.1, 0.15) is 30.4 Å². The highest BCUT2D eigenvalue weighted by Crippen LogP contribution is 2.38. The maximum Gasteiger partial charge on any atom is 0.418 e. The number of nitrogen functional groups attached to an aromatic ring is 1. The summed E-state index contributed by atoms with van der Waals surface area (Å²) in [5, 5.41) is 0. The van der Waals surface area contributed by atoms with Crippen molar-refractivity contribution in [1.29, 1.82) is 0 Å². The van der Waals surface area contributed by atoms with Gasteiger partial charge in [0.2, 0.25) is 0 Å². The zero-order chi connectivity index (χ0) is 13.9. The van der Waals surface area contributed by atoms with Crippen LogP contribution in [0.4, 0.5) is 18.9 Å². The van der Waals surface area contributed by atoms with Gasteiger partial charge in [-0.15, -0.1) is 0 Å². The summed E-state index contributed by atoms with van der Waals surface area (Å²) < 4.78 is 42.6. The summed E-state index contributed by atoms with van der Waals surface area (Å²) in [5.41, 5.74) is 4.32. The molecule has 0 aliphatic rings. The molecule has 0 amide bonds. The van der Waals surface area contributed by atoms with Gasteiger partial charge >= 0.3 is 12.1 Å². The van der Waals surface area contributed by atoms with E-state index in [2.05, 4.69) is 4.74 Å². The number of methoxy groups -OCH3 is 1. The van der Waals surface area contributed by atoms with Crippen LogP contribution in [0.25, 0.3) is 0 Å². The lowest BCUT2D eigenvalue weighted by Gasteiger charge is -2.18. The largest absolute Gasteiger partial charge is 0.469 e. The van der Waals surface area contributed by atoms with Gasteiger partial charge in [0.15, 0.2) is 0 Å². The van der Waals surface area contributed by atoms with Crippen molar-refractivity contribution in [3.05, 3.63) is 29.3 Å². The third-order valence-corrected chi connectivity index (χ3v) is 2.71. The Balaban J connectivity index is 3.29. The maximum atomic E-state index is 12.7. The molecule has 0 heterocycles. The summed E-state index contributed by atoms with van der Waals surface area (Å²) in [6.07, 6.45) is -4.22. The second-order valence-corrected chi connectivity index (χ2v) is 3.79. The number of nitrogens with two attached hydrogens (primary N) is 1. The highest BCUT2D eigenvalue weighted by molar-refractivity contribution is 5.80. The highest BCUT2D eigenvalue weighted by atomic mass is 19.4. The first-order valence-electron chi connectivity index (χ1n) is 5.36. The molecule has 1 atom stereocenters. The van der Waals surface area contributed by atoms with Crippen molar-refractivity contribution in [2.75, 3.05) is 12.8 Å². The van der Waals surface area contributed by atoms with Crippen LogP contribution in [0.15, 0.2) is 18.2 Å². The van der Waals surface area contributed by atoms with Gasteiger partial charge < -0.3 is 10.5 Å². The van der Waals surface area contributed by atoms with E-state index in [0.29, 0.717) is 6.42 Å². The number of halogens is 3. The molecule has 1 unspecified atom stereocenters. The number of rotatable bonds is 3. The first kappa shape index (κ1) is 14.3. The van der Waals surface area contributed by atoms with Crippen LogP contribution in [0.5, 0.6) is 0 Å². The van der Waals surface area contributed by atoms with Crippen LogP contribution >= 0.6 is 0 Å². The molecule has 100 valence electrons. The minimum absolute atomic E-state index is 0.152. The Morgan fingerprint density at radius 1 is 1.44 bits per heavy atom. The summed E-state index contributed by atoms with van der Waals surface area (Å²) in [4.78, 5) is 11.5. The normalized spacial score (nSPS) is 13.2. The molecule has 2 N–H and O–H groups in total. The Bertz CT molecular complexity index is 443. The number of esters is 1. The van der Waals surface area contributed by atoms with Crippen LogP contribution in [0.3, 0.4) is 0 Å². The van der Waals surface area contributed by atoms with E-state index in [1.807, 2.05) is 0 Å². The highest BCUT2D eigenvalue weighted by Gasteiger charge is 2.35. The number of anilines is 1. The third kappa shape index (κ3) is 2.75. The Morgan fingerprint density at radius 2 is 2.06 bits per heavy atom. The fourth-order valence-electron chi connectivity index (χ4n) is 1.79. The second kappa shape index (κ2) is 5.29. The van der Waals surface area contributed by atoms with Crippen LogP contribution in [0.2, 0.25) is 0 Å². The molecule has 1 aromatic carbocycles. The summed E-state index contributed by atoms with van der Waals surface area (Å²) >= 11 is 0. The van der Waals surface area contributed by atoms with Crippen molar-refractivity contribution in [3.63, 3.8) is 0 Å². The SMILES string of the molecule is CCC(C(=O)OC)c1cccc(C(F)(F)F)c1N. The maximum absolute atomic E-state index is 12.7. The Morgan fingerprint density at radius 3 is 2.50 bits per heavy atom.